The summed E-state index contributed by atoms with van der Waals surface area (Å²) in [5, 5.41) is 6.77. The zero-order valence-electron chi connectivity index (χ0n) is 14.0. The Hall–Kier alpha value is -2.99. The van der Waals surface area contributed by atoms with Gasteiger partial charge in [-0.3, -0.25) is 9.59 Å². The molecule has 7 heteroatoms. The number of halogens is 1. The molecule has 0 aliphatic heterocycles. The largest absolute Gasteiger partial charge is 0.497 e. The quantitative estimate of drug-likeness (QED) is 0.651. The summed E-state index contributed by atoms with van der Waals surface area (Å²) >= 11 is 5.92. The van der Waals surface area contributed by atoms with E-state index in [1.54, 1.807) is 55.6 Å². The van der Waals surface area contributed by atoms with Crippen molar-refractivity contribution in [3.05, 3.63) is 64.9 Å². The predicted octanol–water partition coefficient (Wildman–Crippen LogP) is 3.25. The number of amides is 2. The van der Waals surface area contributed by atoms with E-state index in [9.17, 15) is 9.59 Å². The minimum absolute atomic E-state index is 0.198. The Morgan fingerprint density at radius 3 is 2.38 bits per heavy atom. The summed E-state index contributed by atoms with van der Waals surface area (Å²) in [6.07, 6.45) is 0. The highest BCUT2D eigenvalue weighted by Gasteiger charge is 2.12. The monoisotopic (exact) mass is 372 g/mol. The minimum Gasteiger partial charge on any atom is -0.497 e. The Balaban J connectivity index is 1.49. The van der Waals surface area contributed by atoms with Crippen molar-refractivity contribution in [2.24, 2.45) is 0 Å². The maximum absolute atomic E-state index is 12.1. The molecule has 3 aromatic rings. The Labute approximate surface area is 155 Å². The molecule has 0 unspecified atom stereocenters. The normalized spacial score (nSPS) is 10.5. The summed E-state index contributed by atoms with van der Waals surface area (Å²) in [7, 11) is 1.56. The highest BCUT2D eigenvalue weighted by atomic mass is 35.5. The van der Waals surface area contributed by atoms with Gasteiger partial charge in [-0.1, -0.05) is 11.6 Å². The van der Waals surface area contributed by atoms with Crippen molar-refractivity contribution in [3.8, 4) is 5.75 Å². The van der Waals surface area contributed by atoms with Crippen LogP contribution in [0.4, 0.5) is 0 Å². The molecule has 0 spiro atoms. The number of carbonyl (C=O) groups is 2. The van der Waals surface area contributed by atoms with E-state index in [1.165, 1.54) is 0 Å². The van der Waals surface area contributed by atoms with Gasteiger partial charge in [-0.2, -0.15) is 0 Å². The van der Waals surface area contributed by atoms with Crippen molar-refractivity contribution in [1.82, 2.24) is 10.6 Å². The van der Waals surface area contributed by atoms with E-state index in [2.05, 4.69) is 10.6 Å². The van der Waals surface area contributed by atoms with Crippen LogP contribution in [0.15, 0.2) is 52.9 Å². The van der Waals surface area contributed by atoms with Gasteiger partial charge in [0.2, 0.25) is 0 Å². The van der Waals surface area contributed by atoms with Crippen molar-refractivity contribution < 1.29 is 18.7 Å². The molecular weight excluding hydrogens is 356 g/mol. The summed E-state index contributed by atoms with van der Waals surface area (Å²) in [4.78, 5) is 24.1. The number of furan rings is 1. The molecule has 6 nitrogen and oxygen atoms in total. The predicted molar refractivity (Wildman–Crippen MR) is 98.9 cm³/mol. The molecule has 0 aliphatic rings. The fraction of sp³-hybridized carbons (Fsp3) is 0.158. The first-order valence-electron chi connectivity index (χ1n) is 7.96. The third-order valence-corrected chi connectivity index (χ3v) is 3.99. The molecule has 0 aliphatic carbocycles. The van der Waals surface area contributed by atoms with E-state index >= 15 is 0 Å². The van der Waals surface area contributed by atoms with Crippen molar-refractivity contribution >= 4 is 34.4 Å². The van der Waals surface area contributed by atoms with Crippen LogP contribution in [-0.2, 0) is 0 Å². The van der Waals surface area contributed by atoms with E-state index in [0.29, 0.717) is 28.5 Å². The van der Waals surface area contributed by atoms with Crippen LogP contribution in [-0.4, -0.2) is 32.0 Å². The van der Waals surface area contributed by atoms with Gasteiger partial charge >= 0.3 is 0 Å². The summed E-state index contributed by atoms with van der Waals surface area (Å²) in [5.41, 5.74) is 1.11. The summed E-state index contributed by atoms with van der Waals surface area (Å²) in [6.45, 7) is 0.571. The van der Waals surface area contributed by atoms with Gasteiger partial charge in [0.1, 0.15) is 11.3 Å². The standard InChI is InChI=1S/C19H17ClN2O4/c1-25-15-5-2-12(3-6-15)18(23)21-8-9-22-19(24)17-11-13-10-14(20)4-7-16(13)26-17/h2-7,10-11H,8-9H2,1H3,(H,21,23)(H,22,24). The molecule has 0 saturated carbocycles. The highest BCUT2D eigenvalue weighted by Crippen LogP contribution is 2.22. The van der Waals surface area contributed by atoms with Crippen LogP contribution >= 0.6 is 11.6 Å². The van der Waals surface area contributed by atoms with Gasteiger partial charge in [0.25, 0.3) is 11.8 Å². The number of carbonyl (C=O) groups excluding carboxylic acids is 2. The molecular formula is C19H17ClN2O4. The van der Waals surface area contributed by atoms with Crippen LogP contribution in [0.2, 0.25) is 5.02 Å². The summed E-state index contributed by atoms with van der Waals surface area (Å²) < 4.78 is 10.5. The highest BCUT2D eigenvalue weighted by molar-refractivity contribution is 6.31. The zero-order valence-corrected chi connectivity index (χ0v) is 14.8. The Bertz CT molecular complexity index is 934. The molecule has 0 saturated heterocycles. The molecule has 0 atom stereocenters. The van der Waals surface area contributed by atoms with Gasteiger partial charge in [-0.25, -0.2) is 0 Å². The second kappa shape index (κ2) is 7.93. The van der Waals surface area contributed by atoms with Crippen LogP contribution in [0, 0.1) is 0 Å². The van der Waals surface area contributed by atoms with Crippen molar-refractivity contribution in [2.75, 3.05) is 20.2 Å². The topological polar surface area (TPSA) is 80.6 Å². The average molecular weight is 373 g/mol. The van der Waals surface area contributed by atoms with Crippen molar-refractivity contribution in [1.29, 1.82) is 0 Å². The number of fused-ring (bicyclic) bond motifs is 1. The summed E-state index contributed by atoms with van der Waals surface area (Å²) in [5.74, 6) is 0.306. The molecule has 1 aromatic heterocycles. The molecule has 134 valence electrons. The first-order chi connectivity index (χ1) is 12.6. The van der Waals surface area contributed by atoms with E-state index in [1.807, 2.05) is 0 Å². The van der Waals surface area contributed by atoms with Gasteiger partial charge in [0, 0.05) is 29.1 Å². The molecule has 0 radical (unpaired) electrons. The molecule has 0 fully saturated rings. The molecule has 3 rings (SSSR count). The number of rotatable bonds is 6. The van der Waals surface area contributed by atoms with E-state index < -0.39 is 0 Å². The molecule has 1 heterocycles. The fourth-order valence-electron chi connectivity index (χ4n) is 2.41. The lowest BCUT2D eigenvalue weighted by molar-refractivity contribution is 0.0912. The first-order valence-corrected chi connectivity index (χ1v) is 8.34. The van der Waals surface area contributed by atoms with Crippen LogP contribution in [0.5, 0.6) is 5.75 Å². The molecule has 2 amide bonds. The van der Waals surface area contributed by atoms with E-state index in [4.69, 9.17) is 20.8 Å². The second-order valence-corrected chi connectivity index (χ2v) is 5.97. The van der Waals surface area contributed by atoms with Crippen molar-refractivity contribution in [3.63, 3.8) is 0 Å². The van der Waals surface area contributed by atoms with Gasteiger partial charge in [0.15, 0.2) is 5.76 Å². The maximum Gasteiger partial charge on any atom is 0.287 e. The van der Waals surface area contributed by atoms with E-state index in [0.717, 1.165) is 5.39 Å². The number of hydrogen-bond donors (Lipinski definition) is 2. The lowest BCUT2D eigenvalue weighted by atomic mass is 10.2. The lowest BCUT2D eigenvalue weighted by Crippen LogP contribution is -2.34. The van der Waals surface area contributed by atoms with Crippen LogP contribution in [0.1, 0.15) is 20.9 Å². The number of nitrogens with one attached hydrogen (secondary N) is 2. The molecule has 26 heavy (non-hydrogen) atoms. The number of methoxy groups -OCH3 is 1. The second-order valence-electron chi connectivity index (χ2n) is 5.53. The molecule has 2 aromatic carbocycles. The maximum atomic E-state index is 12.1. The zero-order chi connectivity index (χ0) is 18.5. The van der Waals surface area contributed by atoms with Gasteiger partial charge in [-0.05, 0) is 48.5 Å². The van der Waals surface area contributed by atoms with Crippen LogP contribution in [0.3, 0.4) is 0 Å². The van der Waals surface area contributed by atoms with Crippen molar-refractivity contribution in [2.45, 2.75) is 0 Å². The Morgan fingerprint density at radius 2 is 1.69 bits per heavy atom. The first kappa shape index (κ1) is 17.8. The fourth-order valence-corrected chi connectivity index (χ4v) is 2.59. The number of benzene rings is 2. The third-order valence-electron chi connectivity index (χ3n) is 3.75. The van der Waals surface area contributed by atoms with Gasteiger partial charge < -0.3 is 19.8 Å². The van der Waals surface area contributed by atoms with Crippen LogP contribution in [0.25, 0.3) is 11.0 Å². The van der Waals surface area contributed by atoms with Crippen LogP contribution < -0.4 is 15.4 Å². The number of hydrogen-bond acceptors (Lipinski definition) is 4. The molecule has 2 N–H and O–H groups in total. The lowest BCUT2D eigenvalue weighted by Gasteiger charge is -2.07. The smallest absolute Gasteiger partial charge is 0.287 e. The summed E-state index contributed by atoms with van der Waals surface area (Å²) in [6, 6.07) is 13.5. The van der Waals surface area contributed by atoms with E-state index in [-0.39, 0.29) is 24.1 Å². The van der Waals surface area contributed by atoms with Gasteiger partial charge in [-0.15, -0.1) is 0 Å². The van der Waals surface area contributed by atoms with Gasteiger partial charge in [0.05, 0.1) is 7.11 Å². The average Bonchev–Trinajstić information content (AvgIpc) is 3.08. The minimum atomic E-state index is -0.351. The Morgan fingerprint density at radius 1 is 1.00 bits per heavy atom. The SMILES string of the molecule is COc1ccc(C(=O)NCCNC(=O)c2cc3cc(Cl)ccc3o2)cc1. The Kier molecular flexibility index (Phi) is 5.43. The third kappa shape index (κ3) is 4.15. The number of ether oxygens (including phenoxy) is 1. The molecule has 0 bridgehead atoms.